The Labute approximate surface area is 168 Å². The van der Waals surface area contributed by atoms with E-state index in [-0.39, 0.29) is 11.1 Å². The van der Waals surface area contributed by atoms with Crippen molar-refractivity contribution >= 4 is 23.4 Å². The minimum absolute atomic E-state index is 0.102. The van der Waals surface area contributed by atoms with E-state index in [4.69, 9.17) is 16.3 Å². The van der Waals surface area contributed by atoms with Crippen LogP contribution in [0.15, 0.2) is 48.5 Å². The van der Waals surface area contributed by atoms with Crippen LogP contribution in [-0.2, 0) is 10.5 Å². The first kappa shape index (κ1) is 20.9. The molecular formula is C19H16ClF3N2O4. The molecule has 3 unspecified atom stereocenters. The van der Waals surface area contributed by atoms with Gasteiger partial charge in [0.25, 0.3) is 0 Å². The van der Waals surface area contributed by atoms with Gasteiger partial charge in [-0.3, -0.25) is 4.79 Å². The number of urea groups is 1. The van der Waals surface area contributed by atoms with Gasteiger partial charge in [0, 0.05) is 10.6 Å². The first-order valence-corrected chi connectivity index (χ1v) is 8.76. The zero-order chi connectivity index (χ0) is 21.4. The smallest absolute Gasteiger partial charge is 0.450 e. The number of hydrogen-bond acceptors (Lipinski definition) is 4. The number of benzene rings is 2. The van der Waals surface area contributed by atoms with E-state index in [0.29, 0.717) is 10.8 Å². The molecule has 0 spiro atoms. The molecule has 2 aromatic rings. The summed E-state index contributed by atoms with van der Waals surface area (Å²) >= 11 is 5.82. The molecule has 3 rings (SSSR count). The van der Waals surface area contributed by atoms with Gasteiger partial charge in [-0.2, -0.15) is 13.2 Å². The van der Waals surface area contributed by atoms with E-state index in [0.717, 1.165) is 0 Å². The van der Waals surface area contributed by atoms with E-state index < -0.39 is 35.7 Å². The third-order valence-electron chi connectivity index (χ3n) is 4.70. The Morgan fingerprint density at radius 3 is 2.24 bits per heavy atom. The van der Waals surface area contributed by atoms with Crippen LogP contribution in [-0.4, -0.2) is 30.2 Å². The molecule has 0 aliphatic carbocycles. The Morgan fingerprint density at radius 2 is 1.72 bits per heavy atom. The maximum Gasteiger partial charge on any atom is 0.450 e. The van der Waals surface area contributed by atoms with Crippen LogP contribution in [0.2, 0.25) is 5.02 Å². The number of alkyl halides is 3. The van der Waals surface area contributed by atoms with Crippen LogP contribution in [0.25, 0.3) is 0 Å². The number of carbonyl (C=O) groups excluding carboxylic acids is 2. The van der Waals surface area contributed by atoms with Gasteiger partial charge in [0.05, 0.1) is 13.2 Å². The molecule has 154 valence electrons. The number of hydrogen-bond donors (Lipinski definition) is 3. The summed E-state index contributed by atoms with van der Waals surface area (Å²) in [6.07, 6.45) is -5.25. The summed E-state index contributed by atoms with van der Waals surface area (Å²) in [5.74, 6) is -3.91. The predicted octanol–water partition coefficient (Wildman–Crippen LogP) is 3.30. The number of rotatable bonds is 4. The summed E-state index contributed by atoms with van der Waals surface area (Å²) in [5.41, 5.74) is -2.54. The van der Waals surface area contributed by atoms with E-state index in [1.165, 1.54) is 55.6 Å². The third kappa shape index (κ3) is 4.01. The monoisotopic (exact) mass is 428 g/mol. The standard InChI is InChI=1S/C19H16ClF3N2O4/c1-29-13-8-4-11(5-9-13)18(28)14(16(26)19(21,22)23)15(24-17(27)25-18)10-2-6-12(20)7-3-10/h2-9,14-15,28H,1H3,(H2,24,25,27). The van der Waals surface area contributed by atoms with Gasteiger partial charge < -0.3 is 20.5 Å². The summed E-state index contributed by atoms with van der Waals surface area (Å²) in [6.45, 7) is 0. The van der Waals surface area contributed by atoms with E-state index >= 15 is 0 Å². The quantitative estimate of drug-likeness (QED) is 0.697. The minimum Gasteiger partial charge on any atom is -0.497 e. The van der Waals surface area contributed by atoms with Gasteiger partial charge >= 0.3 is 12.2 Å². The highest BCUT2D eigenvalue weighted by molar-refractivity contribution is 6.30. The Balaban J connectivity index is 2.16. The first-order valence-electron chi connectivity index (χ1n) is 8.38. The minimum atomic E-state index is -5.25. The fraction of sp³-hybridized carbons (Fsp3) is 0.263. The summed E-state index contributed by atoms with van der Waals surface area (Å²) < 4.78 is 45.3. The SMILES string of the molecule is COc1ccc(C2(O)NC(=O)NC(c3ccc(Cl)cc3)C2C(=O)C(F)(F)F)cc1. The number of ketones is 1. The van der Waals surface area contributed by atoms with E-state index in [2.05, 4.69) is 10.6 Å². The van der Waals surface area contributed by atoms with Gasteiger partial charge in [0.1, 0.15) is 11.7 Å². The largest absolute Gasteiger partial charge is 0.497 e. The third-order valence-corrected chi connectivity index (χ3v) is 4.95. The van der Waals surface area contributed by atoms with Gasteiger partial charge in [-0.1, -0.05) is 35.9 Å². The lowest BCUT2D eigenvalue weighted by Crippen LogP contribution is -2.66. The number of nitrogens with one attached hydrogen (secondary N) is 2. The number of amides is 2. The summed E-state index contributed by atoms with van der Waals surface area (Å²) in [7, 11) is 1.39. The summed E-state index contributed by atoms with van der Waals surface area (Å²) in [5, 5.41) is 15.9. The molecule has 0 aromatic heterocycles. The van der Waals surface area contributed by atoms with Crippen molar-refractivity contribution in [3.63, 3.8) is 0 Å². The molecule has 1 fully saturated rings. The molecule has 1 aliphatic rings. The molecule has 3 atom stereocenters. The van der Waals surface area contributed by atoms with Crippen molar-refractivity contribution in [2.75, 3.05) is 7.11 Å². The second-order valence-electron chi connectivity index (χ2n) is 6.46. The number of carbonyl (C=O) groups is 2. The average molecular weight is 429 g/mol. The maximum absolute atomic E-state index is 13.4. The van der Waals surface area contributed by atoms with Crippen LogP contribution >= 0.6 is 11.6 Å². The molecule has 0 radical (unpaired) electrons. The van der Waals surface area contributed by atoms with Crippen LogP contribution < -0.4 is 15.4 Å². The highest BCUT2D eigenvalue weighted by Crippen LogP contribution is 2.43. The van der Waals surface area contributed by atoms with Crippen LogP contribution in [0, 0.1) is 5.92 Å². The first-order chi connectivity index (χ1) is 13.6. The van der Waals surface area contributed by atoms with E-state index in [9.17, 15) is 27.9 Å². The maximum atomic E-state index is 13.4. The summed E-state index contributed by atoms with van der Waals surface area (Å²) in [6, 6.07) is 8.53. The molecule has 0 bridgehead atoms. The molecular weight excluding hydrogens is 413 g/mol. The van der Waals surface area contributed by atoms with Crippen LogP contribution in [0.5, 0.6) is 5.75 Å². The highest BCUT2D eigenvalue weighted by Gasteiger charge is 2.59. The Morgan fingerprint density at radius 1 is 1.14 bits per heavy atom. The van der Waals surface area contributed by atoms with Crippen molar-refractivity contribution in [3.8, 4) is 5.75 Å². The van der Waals surface area contributed by atoms with Crippen molar-refractivity contribution in [2.24, 2.45) is 5.92 Å². The van der Waals surface area contributed by atoms with Crippen molar-refractivity contribution in [1.82, 2.24) is 10.6 Å². The molecule has 1 aliphatic heterocycles. The van der Waals surface area contributed by atoms with Gasteiger partial charge in [0.15, 0.2) is 5.72 Å². The summed E-state index contributed by atoms with van der Waals surface area (Å²) in [4.78, 5) is 24.6. The normalized spacial score (nSPS) is 24.4. The van der Waals surface area contributed by atoms with Gasteiger partial charge in [-0.05, 0) is 29.8 Å². The Kier molecular flexibility index (Phi) is 5.46. The van der Waals surface area contributed by atoms with Crippen LogP contribution in [0.3, 0.4) is 0 Å². The van der Waals surface area contributed by atoms with Crippen molar-refractivity contribution < 1.29 is 32.6 Å². The van der Waals surface area contributed by atoms with Crippen molar-refractivity contribution in [1.29, 1.82) is 0 Å². The molecule has 0 saturated carbocycles. The fourth-order valence-electron chi connectivity index (χ4n) is 3.31. The molecule has 1 heterocycles. The Hall–Kier alpha value is -2.78. The molecule has 10 heteroatoms. The van der Waals surface area contributed by atoms with Gasteiger partial charge in [-0.15, -0.1) is 0 Å². The lowest BCUT2D eigenvalue weighted by Gasteiger charge is -2.45. The Bertz CT molecular complexity index is 919. The molecule has 3 N–H and O–H groups in total. The zero-order valence-electron chi connectivity index (χ0n) is 15.0. The highest BCUT2D eigenvalue weighted by atomic mass is 35.5. The van der Waals surface area contributed by atoms with E-state index in [1.54, 1.807) is 0 Å². The topological polar surface area (TPSA) is 87.7 Å². The molecule has 2 amide bonds. The van der Waals surface area contributed by atoms with Crippen LogP contribution in [0.4, 0.5) is 18.0 Å². The van der Waals surface area contributed by atoms with Gasteiger partial charge in [0.2, 0.25) is 5.78 Å². The number of halogens is 4. The van der Waals surface area contributed by atoms with Gasteiger partial charge in [-0.25, -0.2) is 4.79 Å². The lowest BCUT2D eigenvalue weighted by molar-refractivity contribution is -0.190. The number of Topliss-reactive ketones (excluding diaryl/α,β-unsaturated/α-hetero) is 1. The van der Waals surface area contributed by atoms with Crippen LogP contribution in [0.1, 0.15) is 17.2 Å². The number of ether oxygens (including phenoxy) is 1. The molecule has 29 heavy (non-hydrogen) atoms. The zero-order valence-corrected chi connectivity index (χ0v) is 15.7. The van der Waals surface area contributed by atoms with Crippen molar-refractivity contribution in [2.45, 2.75) is 17.9 Å². The molecule has 2 aromatic carbocycles. The fourth-order valence-corrected chi connectivity index (χ4v) is 3.44. The second kappa shape index (κ2) is 7.57. The number of aliphatic hydroxyl groups is 1. The average Bonchev–Trinajstić information content (AvgIpc) is 2.67. The van der Waals surface area contributed by atoms with E-state index in [1.807, 2.05) is 0 Å². The molecule has 1 saturated heterocycles. The second-order valence-corrected chi connectivity index (χ2v) is 6.90. The molecule has 6 nitrogen and oxygen atoms in total. The van der Waals surface area contributed by atoms with Crippen molar-refractivity contribution in [3.05, 3.63) is 64.7 Å². The lowest BCUT2D eigenvalue weighted by atomic mass is 9.76. The predicted molar refractivity (Wildman–Crippen MR) is 97.3 cm³/mol. The number of methoxy groups -OCH3 is 1.